The van der Waals surface area contributed by atoms with Crippen molar-refractivity contribution in [3.8, 4) is 23.0 Å². The van der Waals surface area contributed by atoms with E-state index < -0.39 is 6.10 Å². The highest BCUT2D eigenvalue weighted by atomic mass is 35.5. The Labute approximate surface area is 213 Å². The van der Waals surface area contributed by atoms with Gasteiger partial charge in [0, 0.05) is 44.8 Å². The van der Waals surface area contributed by atoms with Crippen molar-refractivity contribution in [2.45, 2.75) is 19.3 Å². The monoisotopic (exact) mass is 516 g/mol. The van der Waals surface area contributed by atoms with E-state index in [1.807, 2.05) is 24.3 Å². The number of methoxy groups -OCH3 is 2. The van der Waals surface area contributed by atoms with Gasteiger partial charge in [0.15, 0.2) is 11.5 Å². The molecule has 1 atom stereocenters. The Morgan fingerprint density at radius 1 is 0.912 bits per heavy atom. The van der Waals surface area contributed by atoms with Crippen LogP contribution < -0.4 is 18.9 Å². The average molecular weight is 517 g/mol. The van der Waals surface area contributed by atoms with E-state index in [0.29, 0.717) is 19.9 Å². The van der Waals surface area contributed by atoms with Crippen LogP contribution in [0.5, 0.6) is 23.0 Å². The second kappa shape index (κ2) is 13.8. The van der Waals surface area contributed by atoms with Gasteiger partial charge >= 0.3 is 0 Å². The van der Waals surface area contributed by atoms with Crippen LogP contribution in [0.15, 0.2) is 36.4 Å². The summed E-state index contributed by atoms with van der Waals surface area (Å²) in [5, 5.41) is 10.4. The lowest BCUT2D eigenvalue weighted by atomic mass is 10.1. The fourth-order valence-electron chi connectivity index (χ4n) is 4.08. The van der Waals surface area contributed by atoms with Crippen molar-refractivity contribution in [1.82, 2.24) is 9.80 Å². The molecule has 2 aromatic carbocycles. The third-order valence-electron chi connectivity index (χ3n) is 5.83. The topological polar surface area (TPSA) is 72.9 Å². The largest absolute Gasteiger partial charge is 0.497 e. The highest BCUT2D eigenvalue weighted by Crippen LogP contribution is 2.33. The summed E-state index contributed by atoms with van der Waals surface area (Å²) in [7, 11) is 3.26. The van der Waals surface area contributed by atoms with Crippen LogP contribution in [0.1, 0.15) is 11.1 Å². The van der Waals surface area contributed by atoms with Gasteiger partial charge in [-0.05, 0) is 35.9 Å². The molecule has 8 nitrogen and oxygen atoms in total. The van der Waals surface area contributed by atoms with Crippen LogP contribution in [-0.4, -0.2) is 81.4 Å². The van der Waals surface area contributed by atoms with E-state index in [0.717, 1.165) is 61.3 Å². The van der Waals surface area contributed by atoms with Crippen LogP contribution in [-0.2, 0) is 17.9 Å². The molecule has 1 fully saturated rings. The van der Waals surface area contributed by atoms with Crippen molar-refractivity contribution in [2.75, 3.05) is 60.3 Å². The summed E-state index contributed by atoms with van der Waals surface area (Å²) in [4.78, 5) is 4.71. The SMILES string of the molecule is COc1ccc(OC)c(COCC(O)CN2CCN(Cc3ccc4c(c3)OCO4)CC2)c1.Cl.Cl. The number of rotatable bonds is 10. The van der Waals surface area contributed by atoms with E-state index in [1.165, 1.54) is 5.56 Å². The number of nitrogens with zero attached hydrogens (tertiary/aromatic N) is 2. The predicted octanol–water partition coefficient (Wildman–Crippen LogP) is 2.97. The normalized spacial score (nSPS) is 16.3. The Balaban J connectivity index is 0.00000204. The van der Waals surface area contributed by atoms with Gasteiger partial charge in [-0.25, -0.2) is 0 Å². The molecule has 4 rings (SSSR count). The van der Waals surface area contributed by atoms with Gasteiger partial charge in [-0.2, -0.15) is 0 Å². The van der Waals surface area contributed by atoms with Crippen LogP contribution in [0, 0.1) is 0 Å². The molecule has 1 unspecified atom stereocenters. The van der Waals surface area contributed by atoms with E-state index in [9.17, 15) is 5.11 Å². The van der Waals surface area contributed by atoms with Crippen LogP contribution in [0.4, 0.5) is 0 Å². The Bertz CT molecular complexity index is 896. The van der Waals surface area contributed by atoms with Gasteiger partial charge in [-0.3, -0.25) is 9.80 Å². The number of fused-ring (bicyclic) bond motifs is 1. The molecule has 0 bridgehead atoms. The molecule has 1 saturated heterocycles. The van der Waals surface area contributed by atoms with E-state index in [4.69, 9.17) is 23.7 Å². The first kappa shape index (κ1) is 28.3. The Kier molecular flexibility index (Phi) is 11.5. The Morgan fingerprint density at radius 2 is 1.65 bits per heavy atom. The number of β-amino-alcohol motifs (C(OH)–C–C–N with tert-alkyl or cyclic N) is 1. The lowest BCUT2D eigenvalue weighted by molar-refractivity contribution is 0.000451. The summed E-state index contributed by atoms with van der Waals surface area (Å²) >= 11 is 0. The van der Waals surface area contributed by atoms with Crippen LogP contribution >= 0.6 is 24.8 Å². The lowest BCUT2D eigenvalue weighted by Crippen LogP contribution is -2.48. The van der Waals surface area contributed by atoms with Gasteiger partial charge in [0.1, 0.15) is 11.5 Å². The first-order chi connectivity index (χ1) is 15.6. The molecule has 0 amide bonds. The van der Waals surface area contributed by atoms with E-state index in [-0.39, 0.29) is 31.4 Å². The van der Waals surface area contributed by atoms with Crippen molar-refractivity contribution in [3.05, 3.63) is 47.5 Å². The summed E-state index contributed by atoms with van der Waals surface area (Å²) in [5.41, 5.74) is 2.13. The van der Waals surface area contributed by atoms with Gasteiger partial charge in [-0.15, -0.1) is 24.8 Å². The van der Waals surface area contributed by atoms with Crippen molar-refractivity contribution in [2.24, 2.45) is 0 Å². The van der Waals surface area contributed by atoms with Gasteiger partial charge in [0.2, 0.25) is 6.79 Å². The molecule has 2 aromatic rings. The second-order valence-corrected chi connectivity index (χ2v) is 8.11. The van der Waals surface area contributed by atoms with E-state index in [2.05, 4.69) is 21.9 Å². The number of benzene rings is 2. The molecule has 10 heteroatoms. The molecule has 190 valence electrons. The fraction of sp³-hybridized carbons (Fsp3) is 0.500. The zero-order valence-corrected chi connectivity index (χ0v) is 21.2. The quantitative estimate of drug-likeness (QED) is 0.516. The molecule has 0 saturated carbocycles. The highest BCUT2D eigenvalue weighted by molar-refractivity contribution is 5.85. The van der Waals surface area contributed by atoms with Crippen molar-refractivity contribution in [3.63, 3.8) is 0 Å². The predicted molar refractivity (Wildman–Crippen MR) is 134 cm³/mol. The zero-order valence-electron chi connectivity index (χ0n) is 19.6. The molecular formula is C24H34Cl2N2O6. The molecule has 34 heavy (non-hydrogen) atoms. The standard InChI is InChI=1S/C24H32N2O6.2ClH/c1-28-21-4-6-22(29-2)19(12-21)15-30-16-20(27)14-26-9-7-25(8-10-26)13-18-3-5-23-24(11-18)32-17-31-23;;/h3-6,11-12,20,27H,7-10,13-17H2,1-2H3;2*1H. The van der Waals surface area contributed by atoms with Crippen molar-refractivity contribution < 1.29 is 28.8 Å². The summed E-state index contributed by atoms with van der Waals surface area (Å²) < 4.78 is 27.2. The first-order valence-corrected chi connectivity index (χ1v) is 10.9. The number of halogens is 2. The minimum atomic E-state index is -0.535. The third kappa shape index (κ3) is 7.53. The van der Waals surface area contributed by atoms with Gasteiger partial charge in [0.25, 0.3) is 0 Å². The van der Waals surface area contributed by atoms with Gasteiger partial charge < -0.3 is 28.8 Å². The molecule has 0 radical (unpaired) electrons. The maximum Gasteiger partial charge on any atom is 0.231 e. The number of aliphatic hydroxyl groups is 1. The molecule has 1 N–H and O–H groups in total. The van der Waals surface area contributed by atoms with Crippen LogP contribution in [0.2, 0.25) is 0 Å². The molecule has 2 aliphatic rings. The molecule has 0 aromatic heterocycles. The third-order valence-corrected chi connectivity index (χ3v) is 5.83. The molecular weight excluding hydrogens is 483 g/mol. The molecule has 2 heterocycles. The fourth-order valence-corrected chi connectivity index (χ4v) is 4.08. The first-order valence-electron chi connectivity index (χ1n) is 10.9. The Morgan fingerprint density at radius 3 is 2.38 bits per heavy atom. The second-order valence-electron chi connectivity index (χ2n) is 8.11. The minimum Gasteiger partial charge on any atom is -0.497 e. The number of aliphatic hydroxyl groups excluding tert-OH is 1. The van der Waals surface area contributed by atoms with Crippen molar-refractivity contribution >= 4 is 24.8 Å². The minimum absolute atomic E-state index is 0. The van der Waals surface area contributed by atoms with E-state index >= 15 is 0 Å². The summed E-state index contributed by atoms with van der Waals surface area (Å²) in [6.07, 6.45) is -0.535. The van der Waals surface area contributed by atoms with Crippen LogP contribution in [0.25, 0.3) is 0 Å². The van der Waals surface area contributed by atoms with Crippen molar-refractivity contribution in [1.29, 1.82) is 0 Å². The van der Waals surface area contributed by atoms with Gasteiger partial charge in [0.05, 0.1) is 33.5 Å². The van der Waals surface area contributed by atoms with E-state index in [1.54, 1.807) is 14.2 Å². The highest BCUT2D eigenvalue weighted by Gasteiger charge is 2.21. The summed E-state index contributed by atoms with van der Waals surface area (Å²) in [6.45, 7) is 6.20. The van der Waals surface area contributed by atoms with Crippen LogP contribution in [0.3, 0.4) is 0 Å². The van der Waals surface area contributed by atoms with Gasteiger partial charge in [-0.1, -0.05) is 6.07 Å². The molecule has 0 aliphatic carbocycles. The maximum absolute atomic E-state index is 10.4. The summed E-state index contributed by atoms with van der Waals surface area (Å²) in [5.74, 6) is 3.15. The number of hydrogen-bond acceptors (Lipinski definition) is 8. The average Bonchev–Trinajstić information content (AvgIpc) is 3.28. The number of piperazine rings is 1. The zero-order chi connectivity index (χ0) is 22.3. The molecule has 0 spiro atoms. The lowest BCUT2D eigenvalue weighted by Gasteiger charge is -2.35. The Hall–Kier alpha value is -1.94. The summed E-state index contributed by atoms with van der Waals surface area (Å²) in [6, 6.07) is 11.7. The maximum atomic E-state index is 10.4. The number of hydrogen-bond donors (Lipinski definition) is 1. The number of ether oxygens (including phenoxy) is 5. The smallest absolute Gasteiger partial charge is 0.231 e. The molecule has 2 aliphatic heterocycles.